The number of thiocarbonyl (C=S) groups is 1. The second-order valence-corrected chi connectivity index (χ2v) is 9.41. The van der Waals surface area contributed by atoms with Gasteiger partial charge in [0.1, 0.15) is 5.75 Å². The Balaban J connectivity index is 2.15. The summed E-state index contributed by atoms with van der Waals surface area (Å²) in [6.45, 7) is 1.97. The maximum Gasteiger partial charge on any atom is 0.243 e. The minimum atomic E-state index is -3.86. The highest BCUT2D eigenvalue weighted by atomic mass is 32.2. The quantitative estimate of drug-likeness (QED) is 0.354. The molecule has 11 heteroatoms. The van der Waals surface area contributed by atoms with E-state index in [-0.39, 0.29) is 16.6 Å². The van der Waals surface area contributed by atoms with Crippen LogP contribution in [0, 0.1) is 0 Å². The number of nitrogens with two attached hydrogens (primary N) is 1. The van der Waals surface area contributed by atoms with Crippen molar-refractivity contribution < 1.29 is 22.6 Å². The number of ether oxygens (including phenoxy) is 3. The van der Waals surface area contributed by atoms with Crippen LogP contribution in [-0.2, 0) is 16.4 Å². The van der Waals surface area contributed by atoms with Crippen LogP contribution in [0.25, 0.3) is 0 Å². The second-order valence-electron chi connectivity index (χ2n) is 7.08. The van der Waals surface area contributed by atoms with Crippen molar-refractivity contribution in [2.75, 3.05) is 27.9 Å². The van der Waals surface area contributed by atoms with Crippen LogP contribution < -0.4 is 25.4 Å². The lowest BCUT2D eigenvalue weighted by Crippen LogP contribution is -2.43. The van der Waals surface area contributed by atoms with Crippen LogP contribution in [0.4, 0.5) is 0 Å². The first-order valence-electron chi connectivity index (χ1n) is 9.73. The van der Waals surface area contributed by atoms with Gasteiger partial charge in [0.25, 0.3) is 0 Å². The maximum atomic E-state index is 13.6. The van der Waals surface area contributed by atoms with Gasteiger partial charge in [0.05, 0.1) is 38.0 Å². The van der Waals surface area contributed by atoms with E-state index in [0.29, 0.717) is 29.4 Å². The van der Waals surface area contributed by atoms with Crippen molar-refractivity contribution in [3.63, 3.8) is 0 Å². The van der Waals surface area contributed by atoms with E-state index in [1.165, 1.54) is 30.7 Å². The van der Waals surface area contributed by atoms with Gasteiger partial charge in [-0.2, -0.15) is 9.41 Å². The predicted molar refractivity (Wildman–Crippen MR) is 126 cm³/mol. The fourth-order valence-corrected chi connectivity index (χ4v) is 5.37. The number of hydrogen-bond donors (Lipinski definition) is 2. The molecule has 3 rings (SSSR count). The Morgan fingerprint density at radius 3 is 2.31 bits per heavy atom. The van der Waals surface area contributed by atoms with E-state index in [9.17, 15) is 8.42 Å². The smallest absolute Gasteiger partial charge is 0.243 e. The number of nitrogens with one attached hydrogen (secondary N) is 1. The summed E-state index contributed by atoms with van der Waals surface area (Å²) in [5.74, 6) is 1.64. The average Bonchev–Trinajstić information content (AvgIpc) is 2.80. The monoisotopic (exact) mass is 478 g/mol. The van der Waals surface area contributed by atoms with Crippen LogP contribution in [0.1, 0.15) is 24.1 Å². The molecule has 3 N–H and O–H groups in total. The summed E-state index contributed by atoms with van der Waals surface area (Å²) >= 11 is 4.85. The molecule has 0 saturated heterocycles. The van der Waals surface area contributed by atoms with E-state index in [0.717, 1.165) is 11.1 Å². The molecule has 32 heavy (non-hydrogen) atoms. The first kappa shape index (κ1) is 23.8. The van der Waals surface area contributed by atoms with Crippen LogP contribution in [0.2, 0.25) is 0 Å². The minimum Gasteiger partial charge on any atom is -0.497 e. The van der Waals surface area contributed by atoms with Gasteiger partial charge in [-0.25, -0.2) is 8.42 Å². The fourth-order valence-electron chi connectivity index (χ4n) is 3.70. The zero-order chi connectivity index (χ0) is 23.5. The molecule has 0 aromatic heterocycles. The second kappa shape index (κ2) is 9.72. The predicted octanol–water partition coefficient (Wildman–Crippen LogP) is 2.21. The lowest BCUT2D eigenvalue weighted by atomic mass is 9.91. The van der Waals surface area contributed by atoms with Gasteiger partial charge >= 0.3 is 0 Å². The molecule has 0 spiro atoms. The molecular weight excluding hydrogens is 452 g/mol. The summed E-state index contributed by atoms with van der Waals surface area (Å²) in [4.78, 5) is 0.155. The van der Waals surface area contributed by atoms with Gasteiger partial charge < -0.3 is 19.9 Å². The molecular formula is C21H26N4O5S2. The molecule has 1 unspecified atom stereocenters. The van der Waals surface area contributed by atoms with Gasteiger partial charge in [0.2, 0.25) is 10.0 Å². The van der Waals surface area contributed by atoms with Crippen molar-refractivity contribution in [3.8, 4) is 17.2 Å². The molecule has 1 aliphatic rings. The highest BCUT2D eigenvalue weighted by Crippen LogP contribution is 2.40. The molecule has 2 aromatic carbocycles. The Bertz CT molecular complexity index is 1130. The Hall–Kier alpha value is -2.89. The summed E-state index contributed by atoms with van der Waals surface area (Å²) in [6, 6.07) is 9.23. The van der Waals surface area contributed by atoms with E-state index in [4.69, 9.17) is 32.2 Å². The molecule has 0 fully saturated rings. The number of benzene rings is 2. The van der Waals surface area contributed by atoms with E-state index in [2.05, 4.69) is 10.5 Å². The molecule has 0 saturated carbocycles. The van der Waals surface area contributed by atoms with E-state index in [1.54, 1.807) is 32.2 Å². The molecule has 1 aliphatic heterocycles. The van der Waals surface area contributed by atoms with Crippen LogP contribution in [0.5, 0.6) is 17.2 Å². The largest absolute Gasteiger partial charge is 0.497 e. The molecule has 1 heterocycles. The number of fused-ring (bicyclic) bond motifs is 1. The van der Waals surface area contributed by atoms with Crippen LogP contribution >= 0.6 is 12.2 Å². The number of nitrogens with zero attached hydrogens (tertiary/aromatic N) is 2. The zero-order valence-electron chi connectivity index (χ0n) is 18.3. The highest BCUT2D eigenvalue weighted by molar-refractivity contribution is 7.89. The summed E-state index contributed by atoms with van der Waals surface area (Å²) in [5.41, 5.74) is 10.2. The Morgan fingerprint density at radius 1 is 1.12 bits per heavy atom. The number of hydrogen-bond acceptors (Lipinski definition) is 7. The van der Waals surface area contributed by atoms with Crippen LogP contribution in [-0.4, -0.2) is 51.4 Å². The third kappa shape index (κ3) is 4.64. The molecule has 9 nitrogen and oxygen atoms in total. The topological polar surface area (TPSA) is 115 Å². The van der Waals surface area contributed by atoms with Gasteiger partial charge in [0, 0.05) is 6.54 Å². The average molecular weight is 479 g/mol. The van der Waals surface area contributed by atoms with Crippen molar-refractivity contribution in [2.45, 2.75) is 24.3 Å². The molecule has 0 aliphatic carbocycles. The number of hydrazone groups is 1. The molecule has 0 radical (unpaired) electrons. The molecule has 0 amide bonds. The molecule has 1 atom stereocenters. The maximum absolute atomic E-state index is 13.6. The third-order valence-corrected chi connectivity index (χ3v) is 7.20. The lowest BCUT2D eigenvalue weighted by Gasteiger charge is -2.36. The van der Waals surface area contributed by atoms with E-state index in [1.807, 2.05) is 6.07 Å². The highest BCUT2D eigenvalue weighted by Gasteiger charge is 2.39. The number of methoxy groups -OCH3 is 3. The van der Waals surface area contributed by atoms with Crippen molar-refractivity contribution in [2.24, 2.45) is 10.8 Å². The first-order chi connectivity index (χ1) is 15.2. The summed E-state index contributed by atoms with van der Waals surface area (Å²) < 4.78 is 44.7. The van der Waals surface area contributed by atoms with Gasteiger partial charge in [-0.3, -0.25) is 5.43 Å². The molecule has 172 valence electrons. The van der Waals surface area contributed by atoms with Gasteiger partial charge in [-0.15, -0.1) is 0 Å². The Morgan fingerprint density at radius 2 is 1.75 bits per heavy atom. The summed E-state index contributed by atoms with van der Waals surface area (Å²) in [5, 5.41) is 4.21. The van der Waals surface area contributed by atoms with Crippen LogP contribution in [0.15, 0.2) is 46.4 Å². The fraction of sp³-hybridized carbons (Fsp3) is 0.333. The normalized spacial score (nSPS) is 16.8. The van der Waals surface area contributed by atoms with Crippen molar-refractivity contribution in [1.29, 1.82) is 0 Å². The van der Waals surface area contributed by atoms with Gasteiger partial charge in [-0.05, 0) is 73.1 Å². The lowest BCUT2D eigenvalue weighted by molar-refractivity contribution is 0.342. The summed E-state index contributed by atoms with van der Waals surface area (Å²) in [6.07, 6.45) is 0.498. The number of sulfonamides is 1. The van der Waals surface area contributed by atoms with Crippen molar-refractivity contribution in [1.82, 2.24) is 9.73 Å². The Kier molecular flexibility index (Phi) is 7.22. The first-order valence-corrected chi connectivity index (χ1v) is 11.6. The number of rotatable bonds is 7. The zero-order valence-corrected chi connectivity index (χ0v) is 19.9. The molecule has 0 bridgehead atoms. The standard InChI is InChI=1S/C21H26N4O5S2/c1-13(23-24-21(22)31)20-17-12-19(30-4)18(29-3)11-14(17)9-10-25(20)32(26,27)16-7-5-15(28-2)6-8-16/h5-8,11-12,20H,9-10H2,1-4H3,(H3,22,24,31). The van der Waals surface area contributed by atoms with Crippen LogP contribution in [0.3, 0.4) is 0 Å². The SMILES string of the molecule is COc1ccc(S(=O)(=O)N2CCc3cc(OC)c(OC)cc3C2C(C)=NNC(N)=S)cc1. The Labute approximate surface area is 193 Å². The van der Waals surface area contributed by atoms with Crippen molar-refractivity contribution in [3.05, 3.63) is 47.5 Å². The van der Waals surface area contributed by atoms with Gasteiger partial charge in [-0.1, -0.05) is 0 Å². The van der Waals surface area contributed by atoms with Crippen molar-refractivity contribution >= 4 is 33.1 Å². The third-order valence-electron chi connectivity index (χ3n) is 5.23. The summed E-state index contributed by atoms with van der Waals surface area (Å²) in [7, 11) is 0.751. The van der Waals surface area contributed by atoms with E-state index < -0.39 is 16.1 Å². The minimum absolute atomic E-state index is 0.0164. The van der Waals surface area contributed by atoms with E-state index >= 15 is 0 Å². The van der Waals surface area contributed by atoms with Gasteiger partial charge in [0.15, 0.2) is 16.6 Å². The molecule has 2 aromatic rings.